The lowest BCUT2D eigenvalue weighted by Gasteiger charge is -2.13. The summed E-state index contributed by atoms with van der Waals surface area (Å²) in [5.41, 5.74) is 19.3. The highest BCUT2D eigenvalue weighted by molar-refractivity contribution is 6.05. The molecule has 0 bridgehead atoms. The molecule has 0 atom stereocenters. The van der Waals surface area contributed by atoms with Crippen molar-refractivity contribution in [1.29, 1.82) is 0 Å². The van der Waals surface area contributed by atoms with E-state index in [-0.39, 0.29) is 0 Å². The lowest BCUT2D eigenvalue weighted by atomic mass is 9.91. The highest BCUT2D eigenvalue weighted by Gasteiger charge is 2.10. The Bertz CT molecular complexity index is 1050. The second-order valence-electron chi connectivity index (χ2n) is 6.45. The van der Waals surface area contributed by atoms with Gasteiger partial charge in [-0.15, -0.1) is 0 Å². The number of nitrogen functional groups attached to an aromatic ring is 2. The van der Waals surface area contributed by atoms with Gasteiger partial charge in [0.2, 0.25) is 0 Å². The smallest absolute Gasteiger partial charge is 0.0314 e. The van der Waals surface area contributed by atoms with Crippen LogP contribution < -0.4 is 11.5 Å². The highest BCUT2D eigenvalue weighted by atomic mass is 14.5. The molecule has 0 heterocycles. The number of nitrogens with two attached hydrogens (primary N) is 2. The maximum absolute atomic E-state index is 5.84. The Morgan fingerprint density at radius 1 is 0.520 bits per heavy atom. The third kappa shape index (κ3) is 2.83. The van der Waals surface area contributed by atoms with Gasteiger partial charge in [-0.3, -0.25) is 0 Å². The predicted molar refractivity (Wildman–Crippen MR) is 108 cm³/mol. The van der Waals surface area contributed by atoms with Gasteiger partial charge in [-0.1, -0.05) is 60.2 Å². The van der Waals surface area contributed by atoms with Gasteiger partial charge in [-0.25, -0.2) is 0 Å². The molecule has 122 valence electrons. The largest absolute Gasteiger partial charge is 0.399 e. The molecule has 0 aliphatic rings. The number of anilines is 2. The third-order valence-corrected chi connectivity index (χ3v) is 4.62. The Kier molecular flexibility index (Phi) is 3.66. The molecule has 25 heavy (non-hydrogen) atoms. The molecule has 0 radical (unpaired) electrons. The van der Waals surface area contributed by atoms with E-state index in [4.69, 9.17) is 11.5 Å². The molecule has 0 saturated carbocycles. The molecule has 0 spiro atoms. The minimum atomic E-state index is 0.780. The molecule has 4 aromatic carbocycles. The molecule has 2 nitrogen and oxygen atoms in total. The van der Waals surface area contributed by atoms with Crippen LogP contribution in [0.1, 0.15) is 5.56 Å². The highest BCUT2D eigenvalue weighted by Crippen LogP contribution is 2.36. The molecule has 0 aliphatic heterocycles. The van der Waals surface area contributed by atoms with Crippen molar-refractivity contribution in [3.8, 4) is 22.3 Å². The van der Waals surface area contributed by atoms with Crippen molar-refractivity contribution in [1.82, 2.24) is 0 Å². The second-order valence-corrected chi connectivity index (χ2v) is 6.45. The van der Waals surface area contributed by atoms with Crippen molar-refractivity contribution in [2.24, 2.45) is 0 Å². The molecule has 0 aromatic heterocycles. The molecule has 2 heteroatoms. The zero-order valence-electron chi connectivity index (χ0n) is 14.2. The number of fused-ring (bicyclic) bond motifs is 1. The SMILES string of the molecule is Cc1ccc2c(-c3ccc(N)cc3)ccc(-c3ccc(N)cc3)c2c1. The van der Waals surface area contributed by atoms with E-state index < -0.39 is 0 Å². The first kappa shape index (κ1) is 15.3. The Balaban J connectivity index is 1.98. The fraction of sp³-hybridized carbons (Fsp3) is 0.0435. The average Bonchev–Trinajstić information content (AvgIpc) is 2.62. The van der Waals surface area contributed by atoms with Crippen LogP contribution in [0.5, 0.6) is 0 Å². The summed E-state index contributed by atoms with van der Waals surface area (Å²) in [4.78, 5) is 0. The van der Waals surface area contributed by atoms with E-state index in [0.717, 1.165) is 11.4 Å². The van der Waals surface area contributed by atoms with E-state index in [2.05, 4.69) is 61.5 Å². The average molecular weight is 324 g/mol. The van der Waals surface area contributed by atoms with Crippen molar-refractivity contribution in [3.63, 3.8) is 0 Å². The van der Waals surface area contributed by atoms with E-state index >= 15 is 0 Å². The van der Waals surface area contributed by atoms with Crippen LogP contribution in [0.3, 0.4) is 0 Å². The summed E-state index contributed by atoms with van der Waals surface area (Å²) in [7, 11) is 0. The zero-order valence-corrected chi connectivity index (χ0v) is 14.2. The molecule has 0 unspecified atom stereocenters. The molecule has 4 aromatic rings. The number of hydrogen-bond acceptors (Lipinski definition) is 2. The number of hydrogen-bond donors (Lipinski definition) is 2. The van der Waals surface area contributed by atoms with Gasteiger partial charge < -0.3 is 11.5 Å². The lowest BCUT2D eigenvalue weighted by molar-refractivity contribution is 1.50. The summed E-state index contributed by atoms with van der Waals surface area (Å²) in [6, 6.07) is 27.1. The normalized spacial score (nSPS) is 10.9. The van der Waals surface area contributed by atoms with Crippen LogP contribution in [0.15, 0.2) is 78.9 Å². The fourth-order valence-electron chi connectivity index (χ4n) is 3.29. The van der Waals surface area contributed by atoms with Gasteiger partial charge in [0.25, 0.3) is 0 Å². The monoisotopic (exact) mass is 324 g/mol. The summed E-state index contributed by atoms with van der Waals surface area (Å²) in [6.45, 7) is 2.13. The maximum atomic E-state index is 5.84. The zero-order chi connectivity index (χ0) is 17.4. The van der Waals surface area contributed by atoms with E-state index in [1.54, 1.807) is 0 Å². The predicted octanol–water partition coefficient (Wildman–Crippen LogP) is 5.65. The minimum absolute atomic E-state index is 0.780. The van der Waals surface area contributed by atoms with Crippen LogP contribution in [-0.2, 0) is 0 Å². The first-order chi connectivity index (χ1) is 12.1. The topological polar surface area (TPSA) is 52.0 Å². The summed E-state index contributed by atoms with van der Waals surface area (Å²) < 4.78 is 0. The quantitative estimate of drug-likeness (QED) is 0.468. The molecule has 4 N–H and O–H groups in total. The van der Waals surface area contributed by atoms with Crippen LogP contribution in [0.25, 0.3) is 33.0 Å². The van der Waals surface area contributed by atoms with E-state index in [0.29, 0.717) is 0 Å². The molecular formula is C23H20N2. The van der Waals surface area contributed by atoms with Crippen molar-refractivity contribution >= 4 is 22.1 Å². The summed E-state index contributed by atoms with van der Waals surface area (Å²) in [5, 5.41) is 2.49. The van der Waals surface area contributed by atoms with Gasteiger partial charge >= 0.3 is 0 Å². The van der Waals surface area contributed by atoms with Crippen molar-refractivity contribution < 1.29 is 0 Å². The number of aryl methyl sites for hydroxylation is 1. The lowest BCUT2D eigenvalue weighted by Crippen LogP contribution is -1.89. The fourth-order valence-corrected chi connectivity index (χ4v) is 3.29. The van der Waals surface area contributed by atoms with E-state index in [9.17, 15) is 0 Å². The Morgan fingerprint density at radius 2 is 1.00 bits per heavy atom. The van der Waals surface area contributed by atoms with E-state index in [1.807, 2.05) is 24.3 Å². The van der Waals surface area contributed by atoms with Crippen LogP contribution in [0, 0.1) is 6.92 Å². The van der Waals surface area contributed by atoms with Crippen LogP contribution in [-0.4, -0.2) is 0 Å². The van der Waals surface area contributed by atoms with Gasteiger partial charge in [0, 0.05) is 11.4 Å². The Hall–Kier alpha value is -3.26. The molecule has 0 saturated heterocycles. The van der Waals surface area contributed by atoms with Crippen molar-refractivity contribution in [2.75, 3.05) is 11.5 Å². The van der Waals surface area contributed by atoms with Crippen LogP contribution in [0.2, 0.25) is 0 Å². The summed E-state index contributed by atoms with van der Waals surface area (Å²) in [6.07, 6.45) is 0. The van der Waals surface area contributed by atoms with Gasteiger partial charge in [0.05, 0.1) is 0 Å². The van der Waals surface area contributed by atoms with Crippen LogP contribution in [0.4, 0.5) is 11.4 Å². The molecule has 0 fully saturated rings. The Labute approximate surface area is 147 Å². The molecule has 0 amide bonds. The molecule has 4 rings (SSSR count). The van der Waals surface area contributed by atoms with Gasteiger partial charge in [0.1, 0.15) is 0 Å². The minimum Gasteiger partial charge on any atom is -0.399 e. The number of benzene rings is 4. The van der Waals surface area contributed by atoms with Crippen molar-refractivity contribution in [3.05, 3.63) is 84.4 Å². The first-order valence-corrected chi connectivity index (χ1v) is 8.37. The summed E-state index contributed by atoms with van der Waals surface area (Å²) >= 11 is 0. The van der Waals surface area contributed by atoms with E-state index in [1.165, 1.54) is 38.6 Å². The summed E-state index contributed by atoms with van der Waals surface area (Å²) in [5.74, 6) is 0. The molecular weight excluding hydrogens is 304 g/mol. The molecule has 0 aliphatic carbocycles. The van der Waals surface area contributed by atoms with Crippen LogP contribution >= 0.6 is 0 Å². The number of rotatable bonds is 2. The third-order valence-electron chi connectivity index (χ3n) is 4.62. The van der Waals surface area contributed by atoms with Gasteiger partial charge in [0.15, 0.2) is 0 Å². The maximum Gasteiger partial charge on any atom is 0.0314 e. The second kappa shape index (κ2) is 5.99. The van der Waals surface area contributed by atoms with Crippen molar-refractivity contribution in [2.45, 2.75) is 6.92 Å². The van der Waals surface area contributed by atoms with Gasteiger partial charge in [-0.2, -0.15) is 0 Å². The van der Waals surface area contributed by atoms with Gasteiger partial charge in [-0.05, 0) is 64.2 Å². The standard InChI is InChI=1S/C23H20N2/c1-15-2-11-22-20(16-3-7-18(24)8-4-16)12-13-21(23(22)14-15)17-5-9-19(25)10-6-17/h2-14H,24-25H2,1H3. The Morgan fingerprint density at radius 3 is 1.52 bits per heavy atom. The first-order valence-electron chi connectivity index (χ1n) is 8.37.